The molecule has 1 radical (unpaired) electrons. The number of hydrogen-bond acceptors (Lipinski definition) is 7. The Morgan fingerprint density at radius 1 is 0.850 bits per heavy atom. The highest BCUT2D eigenvalue weighted by atomic mass is 35.5. The van der Waals surface area contributed by atoms with Crippen molar-refractivity contribution in [1.29, 1.82) is 0 Å². The lowest BCUT2D eigenvalue weighted by molar-refractivity contribution is 0.0897. The van der Waals surface area contributed by atoms with Crippen molar-refractivity contribution in [2.45, 2.75) is 53.7 Å². The fourth-order valence-electron chi connectivity index (χ4n) is 7.11. The van der Waals surface area contributed by atoms with Gasteiger partial charge in [-0.25, -0.2) is 14.7 Å². The summed E-state index contributed by atoms with van der Waals surface area (Å²) in [7, 11) is -1.59. The second kappa shape index (κ2) is 19.4. The molecule has 0 fully saturated rings. The van der Waals surface area contributed by atoms with Gasteiger partial charge in [-0.15, -0.1) is 0 Å². The SMILES string of the molecule is CCN(CC)CCOc1ccc(Nc2ncc3c(n2)N(c2cccc(CC(O[Si](c4ccccc4)c4ccccc4)C(C)(C)C)c2)C(=O)N(c2ccc(Cl)cc2Cl)C3)cc1. The molecular weight excluding hydrogens is 808 g/mol. The van der Waals surface area contributed by atoms with Crippen LogP contribution in [-0.2, 0) is 17.4 Å². The van der Waals surface area contributed by atoms with Gasteiger partial charge in [0.15, 0.2) is 5.82 Å². The van der Waals surface area contributed by atoms with Crippen LogP contribution in [0.3, 0.4) is 0 Å². The molecule has 7 rings (SSSR count). The Kier molecular flexibility index (Phi) is 13.9. The van der Waals surface area contributed by atoms with E-state index in [1.54, 1.807) is 34.2 Å². The number of nitrogens with zero attached hydrogens (tertiary/aromatic N) is 5. The normalized spacial score (nSPS) is 13.4. The number of fused-ring (bicyclic) bond motifs is 1. The molecule has 1 N–H and O–H groups in total. The van der Waals surface area contributed by atoms with Crippen molar-refractivity contribution in [2.24, 2.45) is 5.41 Å². The topological polar surface area (TPSA) is 83.1 Å². The molecule has 1 aliphatic heterocycles. The second-order valence-corrected chi connectivity index (χ2v) is 18.7. The summed E-state index contributed by atoms with van der Waals surface area (Å²) in [6.45, 7) is 14.6. The molecule has 9 nitrogen and oxygen atoms in total. The van der Waals surface area contributed by atoms with Crippen molar-refractivity contribution < 1.29 is 14.0 Å². The largest absolute Gasteiger partial charge is 0.492 e. The number of carbonyl (C=O) groups is 1. The molecule has 0 saturated heterocycles. The van der Waals surface area contributed by atoms with Gasteiger partial charge in [-0.2, -0.15) is 4.98 Å². The zero-order valence-electron chi connectivity index (χ0n) is 34.7. The summed E-state index contributed by atoms with van der Waals surface area (Å²) >= 11 is 13.0. The Morgan fingerprint density at radius 2 is 1.53 bits per heavy atom. The Labute approximate surface area is 365 Å². The van der Waals surface area contributed by atoms with Gasteiger partial charge in [-0.05, 0) is 95.5 Å². The third-order valence-corrected chi connectivity index (χ3v) is 13.3. The van der Waals surface area contributed by atoms with E-state index in [2.05, 4.69) is 110 Å². The summed E-state index contributed by atoms with van der Waals surface area (Å²) in [4.78, 5) is 30.1. The van der Waals surface area contributed by atoms with Gasteiger partial charge in [0, 0.05) is 29.0 Å². The third-order valence-electron chi connectivity index (χ3n) is 10.6. The molecule has 1 aliphatic rings. The first-order valence-electron chi connectivity index (χ1n) is 20.4. The van der Waals surface area contributed by atoms with Crippen molar-refractivity contribution in [3.05, 3.63) is 155 Å². The Balaban J connectivity index is 1.19. The Bertz CT molecular complexity index is 2320. The lowest BCUT2D eigenvalue weighted by atomic mass is 9.85. The highest BCUT2D eigenvalue weighted by molar-refractivity contribution is 6.80. The maximum atomic E-state index is 14.8. The number of hydrogen-bond donors (Lipinski definition) is 1. The number of likely N-dealkylation sites (N-methyl/N-ethyl adjacent to an activating group) is 1. The van der Waals surface area contributed by atoms with Gasteiger partial charge in [0.1, 0.15) is 12.4 Å². The fraction of sp³-hybridized carbons (Fsp3) is 0.271. The van der Waals surface area contributed by atoms with Gasteiger partial charge < -0.3 is 19.4 Å². The lowest BCUT2D eigenvalue weighted by Crippen LogP contribution is -2.50. The fourth-order valence-corrected chi connectivity index (χ4v) is 9.94. The molecule has 12 heteroatoms. The van der Waals surface area contributed by atoms with Gasteiger partial charge in [0.25, 0.3) is 9.04 Å². The zero-order valence-corrected chi connectivity index (χ0v) is 37.3. The minimum Gasteiger partial charge on any atom is -0.492 e. The van der Waals surface area contributed by atoms with Crippen LogP contribution in [0.2, 0.25) is 10.0 Å². The number of benzene rings is 5. The molecule has 1 unspecified atom stereocenters. The molecule has 5 aromatic carbocycles. The average Bonchev–Trinajstić information content (AvgIpc) is 3.25. The smallest absolute Gasteiger partial charge is 0.335 e. The number of halogens is 2. The number of nitrogens with one attached hydrogen (secondary N) is 1. The summed E-state index contributed by atoms with van der Waals surface area (Å²) in [5.41, 5.74) is 3.57. The molecular formula is C48H51Cl2N6O3Si. The lowest BCUT2D eigenvalue weighted by Gasteiger charge is -2.37. The Hall–Kier alpha value is -5.23. The molecule has 309 valence electrons. The highest BCUT2D eigenvalue weighted by Crippen LogP contribution is 2.40. The van der Waals surface area contributed by atoms with E-state index in [-0.39, 0.29) is 24.1 Å². The van der Waals surface area contributed by atoms with Crippen molar-refractivity contribution in [1.82, 2.24) is 14.9 Å². The average molecular weight is 859 g/mol. The standard InChI is InChI=1S/C48H51Cl2N6O3Si/c1-6-54(7-2)27-28-58-39-24-22-37(23-25-39)52-46-51-32-35-33-55(43-26-21-36(49)31-42(43)50)47(57)56(45(35)53-46)38-16-14-15-34(29-38)30-44(48(3,4)5)59-60(40-17-10-8-11-18-40)41-19-12-9-13-20-41/h8-26,29,31-32,44H,6-7,27-28,30,33H2,1-5H3,(H,51,52,53). The maximum Gasteiger partial charge on any atom is 0.335 e. The number of rotatable bonds is 16. The molecule has 0 bridgehead atoms. The molecule has 0 saturated carbocycles. The van der Waals surface area contributed by atoms with Crippen LogP contribution < -0.4 is 30.2 Å². The van der Waals surface area contributed by atoms with Crippen molar-refractivity contribution in [2.75, 3.05) is 41.4 Å². The zero-order chi connectivity index (χ0) is 42.2. The molecule has 1 aromatic heterocycles. The molecule has 6 aromatic rings. The monoisotopic (exact) mass is 857 g/mol. The third kappa shape index (κ3) is 10.4. The van der Waals surface area contributed by atoms with E-state index in [0.717, 1.165) is 42.2 Å². The maximum absolute atomic E-state index is 14.8. The first-order chi connectivity index (χ1) is 29.0. The second-order valence-electron chi connectivity index (χ2n) is 15.8. The molecule has 2 amide bonds. The van der Waals surface area contributed by atoms with E-state index in [9.17, 15) is 4.79 Å². The van der Waals surface area contributed by atoms with Crippen LogP contribution in [0.15, 0.2) is 134 Å². The van der Waals surface area contributed by atoms with E-state index in [1.165, 1.54) is 10.4 Å². The van der Waals surface area contributed by atoms with Crippen LogP contribution in [0.5, 0.6) is 5.75 Å². The molecule has 0 spiro atoms. The van der Waals surface area contributed by atoms with Crippen LogP contribution in [-0.4, -0.2) is 62.3 Å². The van der Waals surface area contributed by atoms with Crippen LogP contribution in [0.25, 0.3) is 0 Å². The van der Waals surface area contributed by atoms with Gasteiger partial charge in [-0.3, -0.25) is 4.90 Å². The first-order valence-corrected chi connectivity index (χ1v) is 22.5. The molecule has 60 heavy (non-hydrogen) atoms. The van der Waals surface area contributed by atoms with E-state index in [1.807, 2.05) is 48.5 Å². The summed E-state index contributed by atoms with van der Waals surface area (Å²) in [6, 6.07) is 41.6. The Morgan fingerprint density at radius 3 is 2.17 bits per heavy atom. The van der Waals surface area contributed by atoms with Crippen LogP contribution in [0.1, 0.15) is 45.7 Å². The molecule has 0 aliphatic carbocycles. The van der Waals surface area contributed by atoms with Crippen molar-refractivity contribution in [3.8, 4) is 5.75 Å². The number of aromatic nitrogens is 2. The molecule has 1 atom stereocenters. The predicted molar refractivity (Wildman–Crippen MR) is 248 cm³/mol. The number of urea groups is 1. The summed E-state index contributed by atoms with van der Waals surface area (Å²) in [5.74, 6) is 1.62. The summed E-state index contributed by atoms with van der Waals surface area (Å²) in [5, 5.41) is 6.56. The van der Waals surface area contributed by atoms with Gasteiger partial charge in [0.05, 0.1) is 29.0 Å². The van der Waals surface area contributed by atoms with E-state index < -0.39 is 9.04 Å². The summed E-state index contributed by atoms with van der Waals surface area (Å²) in [6.07, 6.45) is 2.24. The molecule has 2 heterocycles. The highest BCUT2D eigenvalue weighted by Gasteiger charge is 2.36. The summed E-state index contributed by atoms with van der Waals surface area (Å²) < 4.78 is 13.2. The number of ether oxygens (including phenoxy) is 1. The minimum absolute atomic E-state index is 0.145. The quantitative estimate of drug-likeness (QED) is 0.0971. The van der Waals surface area contributed by atoms with Crippen molar-refractivity contribution in [3.63, 3.8) is 0 Å². The van der Waals surface area contributed by atoms with Crippen LogP contribution >= 0.6 is 23.2 Å². The van der Waals surface area contributed by atoms with E-state index >= 15 is 0 Å². The minimum atomic E-state index is -1.59. The first kappa shape index (κ1) is 42.9. The van der Waals surface area contributed by atoms with E-state index in [0.29, 0.717) is 46.2 Å². The number of carbonyl (C=O) groups excluding carboxylic acids is 1. The van der Waals surface area contributed by atoms with Gasteiger partial charge in [0.2, 0.25) is 5.95 Å². The van der Waals surface area contributed by atoms with Crippen molar-refractivity contribution >= 4 is 77.5 Å². The van der Waals surface area contributed by atoms with Gasteiger partial charge in [-0.1, -0.05) is 131 Å². The van der Waals surface area contributed by atoms with Crippen LogP contribution in [0, 0.1) is 5.41 Å². The van der Waals surface area contributed by atoms with Gasteiger partial charge >= 0.3 is 6.03 Å². The van der Waals surface area contributed by atoms with E-state index in [4.69, 9.17) is 37.3 Å². The number of amides is 2. The van der Waals surface area contributed by atoms with Crippen LogP contribution in [0.4, 0.5) is 33.6 Å². The predicted octanol–water partition coefficient (Wildman–Crippen LogP) is 10.3. The number of anilines is 5.